The molecule has 0 radical (unpaired) electrons. The molecule has 2 nitrogen and oxygen atoms in total. The van der Waals surface area contributed by atoms with Crippen LogP contribution in [0.3, 0.4) is 0 Å². The third-order valence-corrected chi connectivity index (χ3v) is 4.58. The smallest absolute Gasteiger partial charge is 0.252 e. The van der Waals surface area contributed by atoms with Crippen molar-refractivity contribution in [3.8, 4) is 0 Å². The number of hydrogen-bond acceptors (Lipinski definition) is 1. The van der Waals surface area contributed by atoms with Crippen molar-refractivity contribution in [3.05, 3.63) is 32.9 Å². The van der Waals surface area contributed by atoms with Gasteiger partial charge in [-0.3, -0.25) is 4.79 Å². The standard InChI is InChI=1S/C13H17BrINO/c1-9-5-3-7-11(12(9)15)13(17)16-10(2)6-4-8-14/h3,5,7,10H,4,6,8H2,1-2H3,(H,16,17). The summed E-state index contributed by atoms with van der Waals surface area (Å²) in [5.74, 6) is 0.0279. The molecule has 0 saturated carbocycles. The number of carbonyl (C=O) groups excluding carboxylic acids is 1. The minimum Gasteiger partial charge on any atom is -0.350 e. The molecule has 0 aromatic heterocycles. The molecule has 1 N–H and O–H groups in total. The lowest BCUT2D eigenvalue weighted by Gasteiger charge is -2.14. The zero-order chi connectivity index (χ0) is 12.8. The molecule has 1 aromatic rings. The average Bonchev–Trinajstić information content (AvgIpc) is 2.29. The first-order valence-corrected chi connectivity index (χ1v) is 7.88. The number of nitrogens with one attached hydrogen (secondary N) is 1. The first kappa shape index (κ1) is 15.0. The number of rotatable bonds is 5. The molecule has 1 unspecified atom stereocenters. The SMILES string of the molecule is Cc1cccc(C(=O)NC(C)CCCBr)c1I. The second-order valence-electron chi connectivity index (χ2n) is 4.14. The van der Waals surface area contributed by atoms with Crippen LogP contribution in [0.4, 0.5) is 0 Å². The quantitative estimate of drug-likeness (QED) is 0.580. The van der Waals surface area contributed by atoms with E-state index in [0.29, 0.717) is 0 Å². The van der Waals surface area contributed by atoms with Gasteiger partial charge in [-0.25, -0.2) is 0 Å². The van der Waals surface area contributed by atoms with Crippen molar-refractivity contribution in [2.75, 3.05) is 5.33 Å². The van der Waals surface area contributed by atoms with Gasteiger partial charge in [0.25, 0.3) is 5.91 Å². The minimum atomic E-state index is 0.0279. The summed E-state index contributed by atoms with van der Waals surface area (Å²) in [6.45, 7) is 4.07. The summed E-state index contributed by atoms with van der Waals surface area (Å²) in [4.78, 5) is 12.1. The van der Waals surface area contributed by atoms with Crippen molar-refractivity contribution in [2.45, 2.75) is 32.7 Å². The summed E-state index contributed by atoms with van der Waals surface area (Å²) < 4.78 is 1.04. The Labute approximate surface area is 125 Å². The van der Waals surface area contributed by atoms with E-state index in [0.717, 1.165) is 32.9 Å². The van der Waals surface area contributed by atoms with Crippen molar-refractivity contribution < 1.29 is 4.79 Å². The molecule has 0 saturated heterocycles. The van der Waals surface area contributed by atoms with E-state index in [1.165, 1.54) is 0 Å². The molecule has 0 fully saturated rings. The number of hydrogen-bond donors (Lipinski definition) is 1. The molecule has 17 heavy (non-hydrogen) atoms. The molecule has 1 amide bonds. The lowest BCUT2D eigenvalue weighted by molar-refractivity contribution is 0.0937. The molecule has 1 atom stereocenters. The molecule has 0 aliphatic rings. The van der Waals surface area contributed by atoms with E-state index < -0.39 is 0 Å². The van der Waals surface area contributed by atoms with Gasteiger partial charge in [0.05, 0.1) is 5.56 Å². The van der Waals surface area contributed by atoms with Gasteiger partial charge in [-0.2, -0.15) is 0 Å². The monoisotopic (exact) mass is 409 g/mol. The van der Waals surface area contributed by atoms with E-state index in [9.17, 15) is 4.79 Å². The van der Waals surface area contributed by atoms with E-state index >= 15 is 0 Å². The van der Waals surface area contributed by atoms with E-state index in [1.807, 2.05) is 32.0 Å². The van der Waals surface area contributed by atoms with Crippen LogP contribution in [0.5, 0.6) is 0 Å². The molecule has 0 aliphatic heterocycles. The molecule has 94 valence electrons. The Hall–Kier alpha value is -0.100. The molecular formula is C13H17BrINO. The van der Waals surface area contributed by atoms with Crippen LogP contribution in [-0.2, 0) is 0 Å². The molecule has 0 spiro atoms. The Balaban J connectivity index is 2.67. The van der Waals surface area contributed by atoms with Crippen LogP contribution in [0, 0.1) is 10.5 Å². The van der Waals surface area contributed by atoms with E-state index in [-0.39, 0.29) is 11.9 Å². The van der Waals surface area contributed by atoms with E-state index in [4.69, 9.17) is 0 Å². The number of amides is 1. The molecule has 4 heteroatoms. The van der Waals surface area contributed by atoms with E-state index in [2.05, 4.69) is 43.8 Å². The third-order valence-electron chi connectivity index (χ3n) is 2.58. The van der Waals surface area contributed by atoms with Crippen LogP contribution < -0.4 is 5.32 Å². The fourth-order valence-corrected chi connectivity index (χ4v) is 2.51. The van der Waals surface area contributed by atoms with Gasteiger partial charge in [-0.15, -0.1) is 0 Å². The van der Waals surface area contributed by atoms with E-state index in [1.54, 1.807) is 0 Å². The summed E-state index contributed by atoms with van der Waals surface area (Å²) in [6, 6.07) is 6.04. The van der Waals surface area contributed by atoms with Gasteiger partial charge in [0.1, 0.15) is 0 Å². The Kier molecular flexibility index (Phi) is 6.48. The molecule has 1 rings (SSSR count). The maximum atomic E-state index is 12.1. The van der Waals surface area contributed by atoms with Crippen LogP contribution >= 0.6 is 38.5 Å². The highest BCUT2D eigenvalue weighted by atomic mass is 127. The van der Waals surface area contributed by atoms with Crippen molar-refractivity contribution in [2.24, 2.45) is 0 Å². The first-order valence-electron chi connectivity index (χ1n) is 5.68. The van der Waals surface area contributed by atoms with Crippen LogP contribution in [0.1, 0.15) is 35.7 Å². The van der Waals surface area contributed by atoms with Gasteiger partial charge in [0.2, 0.25) is 0 Å². The number of carbonyl (C=O) groups is 1. The summed E-state index contributed by atoms with van der Waals surface area (Å²) in [7, 11) is 0. The fraction of sp³-hybridized carbons (Fsp3) is 0.462. The topological polar surface area (TPSA) is 29.1 Å². The highest BCUT2D eigenvalue weighted by molar-refractivity contribution is 14.1. The van der Waals surface area contributed by atoms with Crippen molar-refractivity contribution in [3.63, 3.8) is 0 Å². The van der Waals surface area contributed by atoms with Crippen molar-refractivity contribution in [1.82, 2.24) is 5.32 Å². The highest BCUT2D eigenvalue weighted by Crippen LogP contribution is 2.16. The second-order valence-corrected chi connectivity index (χ2v) is 6.01. The molecule has 0 bridgehead atoms. The largest absolute Gasteiger partial charge is 0.350 e. The summed E-state index contributed by atoms with van der Waals surface area (Å²) >= 11 is 5.62. The molecule has 0 aliphatic carbocycles. The molecule has 1 aromatic carbocycles. The first-order chi connectivity index (χ1) is 8.06. The van der Waals surface area contributed by atoms with Crippen LogP contribution in [0.25, 0.3) is 0 Å². The van der Waals surface area contributed by atoms with Gasteiger partial charge in [0.15, 0.2) is 0 Å². The normalized spacial score (nSPS) is 12.2. The zero-order valence-electron chi connectivity index (χ0n) is 10.1. The van der Waals surface area contributed by atoms with Gasteiger partial charge in [-0.1, -0.05) is 28.1 Å². The second kappa shape index (κ2) is 7.36. The lowest BCUT2D eigenvalue weighted by atomic mass is 10.1. The summed E-state index contributed by atoms with van der Waals surface area (Å²) in [6.07, 6.45) is 2.08. The molecule has 0 heterocycles. The Morgan fingerprint density at radius 2 is 2.24 bits per heavy atom. The number of halogens is 2. The maximum absolute atomic E-state index is 12.1. The van der Waals surface area contributed by atoms with Gasteiger partial charge in [-0.05, 0) is 60.9 Å². The summed E-state index contributed by atoms with van der Waals surface area (Å²) in [5, 5.41) is 4.02. The van der Waals surface area contributed by atoms with Crippen molar-refractivity contribution >= 4 is 44.4 Å². The Morgan fingerprint density at radius 3 is 2.88 bits per heavy atom. The van der Waals surface area contributed by atoms with Crippen molar-refractivity contribution in [1.29, 1.82) is 0 Å². The lowest BCUT2D eigenvalue weighted by Crippen LogP contribution is -2.33. The molecular weight excluding hydrogens is 393 g/mol. The predicted octanol–water partition coefficient (Wildman–Crippen LogP) is 3.89. The number of aryl methyl sites for hydroxylation is 1. The number of benzene rings is 1. The fourth-order valence-electron chi connectivity index (χ4n) is 1.58. The number of alkyl halides is 1. The van der Waals surface area contributed by atoms with Crippen LogP contribution in [0.2, 0.25) is 0 Å². The third kappa shape index (κ3) is 4.58. The highest BCUT2D eigenvalue weighted by Gasteiger charge is 2.13. The van der Waals surface area contributed by atoms with Gasteiger partial charge >= 0.3 is 0 Å². The Morgan fingerprint density at radius 1 is 1.53 bits per heavy atom. The summed E-state index contributed by atoms with van der Waals surface area (Å²) in [5.41, 5.74) is 1.92. The maximum Gasteiger partial charge on any atom is 0.252 e. The van der Waals surface area contributed by atoms with Gasteiger partial charge in [0, 0.05) is 14.9 Å². The van der Waals surface area contributed by atoms with Gasteiger partial charge < -0.3 is 5.32 Å². The Bertz CT molecular complexity index is 395. The average molecular weight is 410 g/mol. The van der Waals surface area contributed by atoms with Crippen LogP contribution in [0.15, 0.2) is 18.2 Å². The predicted molar refractivity (Wildman–Crippen MR) is 83.9 cm³/mol. The zero-order valence-corrected chi connectivity index (χ0v) is 13.8. The minimum absolute atomic E-state index is 0.0279. The van der Waals surface area contributed by atoms with Crippen LogP contribution in [-0.4, -0.2) is 17.3 Å².